The normalized spacial score (nSPS) is 19.6. The molecule has 0 spiro atoms. The van der Waals surface area contributed by atoms with Gasteiger partial charge in [-0.15, -0.1) is 11.8 Å². The van der Waals surface area contributed by atoms with Gasteiger partial charge < -0.3 is 15.5 Å². The molecule has 0 saturated heterocycles. The van der Waals surface area contributed by atoms with Crippen LogP contribution in [0.5, 0.6) is 0 Å². The summed E-state index contributed by atoms with van der Waals surface area (Å²) in [5.74, 6) is -0.376. The van der Waals surface area contributed by atoms with Crippen LogP contribution >= 0.6 is 11.8 Å². The molecule has 4 nitrogen and oxygen atoms in total. The molecule has 0 aromatic heterocycles. The number of thioether (sulfide) groups is 1. The summed E-state index contributed by atoms with van der Waals surface area (Å²) in [4.78, 5) is 11.6. The number of carbonyl (C=O) groups is 1. The second-order valence-electron chi connectivity index (χ2n) is 2.99. The van der Waals surface area contributed by atoms with Crippen LogP contribution in [0.15, 0.2) is 23.1 Å². The molecule has 14 heavy (non-hydrogen) atoms. The summed E-state index contributed by atoms with van der Waals surface area (Å²) < 4.78 is 0. The van der Waals surface area contributed by atoms with E-state index in [1.54, 1.807) is 12.1 Å². The van der Waals surface area contributed by atoms with Crippen LogP contribution in [0.25, 0.3) is 0 Å². The molecule has 0 radical (unpaired) electrons. The third-order valence-corrected chi connectivity index (χ3v) is 3.09. The van der Waals surface area contributed by atoms with E-state index in [0.717, 1.165) is 4.90 Å². The monoisotopic (exact) mass is 211 g/mol. The molecule has 1 aromatic rings. The van der Waals surface area contributed by atoms with Crippen molar-refractivity contribution in [2.45, 2.75) is 11.1 Å². The topological polar surface area (TPSA) is 69.6 Å². The van der Waals surface area contributed by atoms with E-state index in [0.29, 0.717) is 11.4 Å². The minimum atomic E-state index is -0.959. The number of benzene rings is 1. The van der Waals surface area contributed by atoms with Crippen molar-refractivity contribution < 1.29 is 15.0 Å². The van der Waals surface area contributed by atoms with Gasteiger partial charge in [0.25, 0.3) is 0 Å². The Kier molecular flexibility index (Phi) is 2.35. The zero-order valence-electron chi connectivity index (χ0n) is 7.23. The minimum absolute atomic E-state index is 0.228. The summed E-state index contributed by atoms with van der Waals surface area (Å²) in [5, 5.41) is 20.9. The Hall–Kier alpha value is -1.20. The van der Waals surface area contributed by atoms with E-state index in [1.165, 1.54) is 17.8 Å². The van der Waals surface area contributed by atoms with Gasteiger partial charge in [0.05, 0.1) is 11.3 Å². The number of carboxylic acid groups (broad SMARTS) is 1. The van der Waals surface area contributed by atoms with Crippen LogP contribution in [-0.4, -0.2) is 28.2 Å². The van der Waals surface area contributed by atoms with Crippen molar-refractivity contribution in [3.8, 4) is 0 Å². The number of carboxylic acids is 1. The number of aromatic carboxylic acids is 1. The first-order chi connectivity index (χ1) is 6.66. The van der Waals surface area contributed by atoms with Gasteiger partial charge in [-0.1, -0.05) is 0 Å². The van der Waals surface area contributed by atoms with Gasteiger partial charge >= 0.3 is 5.97 Å². The molecule has 1 unspecified atom stereocenters. The number of rotatable bonds is 1. The standard InChI is InChI=1S/C9H9NO3S/c11-8-4-14-7-2-1-5(9(12)13)3-6(7)10-8/h1-3,8,10-11H,4H2,(H,12,13). The van der Waals surface area contributed by atoms with Gasteiger partial charge in [0.1, 0.15) is 6.23 Å². The van der Waals surface area contributed by atoms with Gasteiger partial charge in [0, 0.05) is 10.6 Å². The van der Waals surface area contributed by atoms with Crippen LogP contribution in [0.1, 0.15) is 10.4 Å². The average molecular weight is 211 g/mol. The Balaban J connectivity index is 2.37. The lowest BCUT2D eigenvalue weighted by Crippen LogP contribution is -2.25. The molecule has 5 heteroatoms. The molecule has 0 bridgehead atoms. The van der Waals surface area contributed by atoms with Crippen LogP contribution in [-0.2, 0) is 0 Å². The van der Waals surface area contributed by atoms with Crippen molar-refractivity contribution in [1.29, 1.82) is 0 Å². The van der Waals surface area contributed by atoms with E-state index in [-0.39, 0.29) is 5.56 Å². The minimum Gasteiger partial charge on any atom is -0.478 e. The molecule has 0 aliphatic carbocycles. The van der Waals surface area contributed by atoms with Gasteiger partial charge in [0.2, 0.25) is 0 Å². The Bertz CT molecular complexity index is 380. The van der Waals surface area contributed by atoms with Gasteiger partial charge in [-0.25, -0.2) is 4.79 Å². The molecular weight excluding hydrogens is 202 g/mol. The number of aliphatic hydroxyl groups excluding tert-OH is 1. The van der Waals surface area contributed by atoms with Crippen LogP contribution in [0.3, 0.4) is 0 Å². The fourth-order valence-corrected chi connectivity index (χ4v) is 2.15. The maximum absolute atomic E-state index is 10.7. The summed E-state index contributed by atoms with van der Waals surface area (Å²) in [5.41, 5.74) is 0.916. The van der Waals surface area contributed by atoms with Gasteiger partial charge in [-0.3, -0.25) is 0 Å². The molecule has 1 atom stereocenters. The highest BCUT2D eigenvalue weighted by Gasteiger charge is 2.17. The average Bonchev–Trinajstić information content (AvgIpc) is 2.16. The van der Waals surface area contributed by atoms with E-state index in [4.69, 9.17) is 5.11 Å². The van der Waals surface area contributed by atoms with E-state index >= 15 is 0 Å². The Morgan fingerprint density at radius 3 is 3.07 bits per heavy atom. The molecule has 0 fully saturated rings. The second-order valence-corrected chi connectivity index (χ2v) is 4.05. The number of anilines is 1. The number of hydrogen-bond acceptors (Lipinski definition) is 4. The molecule has 1 aliphatic heterocycles. The number of hydrogen-bond donors (Lipinski definition) is 3. The quantitative estimate of drug-likeness (QED) is 0.651. The highest BCUT2D eigenvalue weighted by atomic mass is 32.2. The maximum atomic E-state index is 10.7. The van der Waals surface area contributed by atoms with Crippen LogP contribution in [0.2, 0.25) is 0 Å². The predicted octanol–water partition coefficient (Wildman–Crippen LogP) is 1.22. The SMILES string of the molecule is O=C(O)c1ccc2c(c1)NC(O)CS2. The van der Waals surface area contributed by atoms with Crippen molar-refractivity contribution in [1.82, 2.24) is 0 Å². The smallest absolute Gasteiger partial charge is 0.335 e. The Labute approximate surface area is 84.9 Å². The van der Waals surface area contributed by atoms with Gasteiger partial charge in [-0.05, 0) is 18.2 Å². The lowest BCUT2D eigenvalue weighted by molar-refractivity contribution is 0.0696. The highest BCUT2D eigenvalue weighted by Crippen LogP contribution is 2.33. The Morgan fingerprint density at radius 1 is 1.57 bits per heavy atom. The molecule has 74 valence electrons. The summed E-state index contributed by atoms with van der Waals surface area (Å²) in [6.07, 6.45) is -0.600. The number of nitrogens with one attached hydrogen (secondary N) is 1. The van der Waals surface area contributed by atoms with E-state index < -0.39 is 12.2 Å². The maximum Gasteiger partial charge on any atom is 0.335 e. The first-order valence-corrected chi connectivity index (χ1v) is 5.10. The lowest BCUT2D eigenvalue weighted by atomic mass is 10.2. The predicted molar refractivity (Wildman–Crippen MR) is 53.8 cm³/mol. The third kappa shape index (κ3) is 1.69. The third-order valence-electron chi connectivity index (χ3n) is 1.95. The number of fused-ring (bicyclic) bond motifs is 1. The molecule has 2 rings (SSSR count). The van der Waals surface area contributed by atoms with Gasteiger partial charge in [0.15, 0.2) is 0 Å². The zero-order valence-corrected chi connectivity index (χ0v) is 8.04. The summed E-state index contributed by atoms with van der Waals surface area (Å²) in [7, 11) is 0. The van der Waals surface area contributed by atoms with Crippen molar-refractivity contribution >= 4 is 23.4 Å². The van der Waals surface area contributed by atoms with E-state index in [9.17, 15) is 9.90 Å². The second kappa shape index (κ2) is 3.51. The van der Waals surface area contributed by atoms with Crippen molar-refractivity contribution in [2.75, 3.05) is 11.1 Å². The van der Waals surface area contributed by atoms with E-state index in [2.05, 4.69) is 5.32 Å². The lowest BCUT2D eigenvalue weighted by Gasteiger charge is -2.22. The van der Waals surface area contributed by atoms with E-state index in [1.807, 2.05) is 0 Å². The first-order valence-electron chi connectivity index (χ1n) is 4.11. The zero-order chi connectivity index (χ0) is 10.1. The van der Waals surface area contributed by atoms with Crippen LogP contribution < -0.4 is 5.32 Å². The fraction of sp³-hybridized carbons (Fsp3) is 0.222. The highest BCUT2D eigenvalue weighted by molar-refractivity contribution is 7.99. The summed E-state index contributed by atoms with van der Waals surface area (Å²) in [6.45, 7) is 0. The largest absolute Gasteiger partial charge is 0.478 e. The first kappa shape index (κ1) is 9.36. The van der Waals surface area contributed by atoms with Crippen LogP contribution in [0.4, 0.5) is 5.69 Å². The van der Waals surface area contributed by atoms with Crippen molar-refractivity contribution in [3.05, 3.63) is 23.8 Å². The van der Waals surface area contributed by atoms with Crippen LogP contribution in [0, 0.1) is 0 Å². The van der Waals surface area contributed by atoms with Crippen molar-refractivity contribution in [3.63, 3.8) is 0 Å². The molecule has 3 N–H and O–H groups in total. The van der Waals surface area contributed by atoms with Crippen molar-refractivity contribution in [2.24, 2.45) is 0 Å². The molecule has 0 amide bonds. The summed E-state index contributed by atoms with van der Waals surface area (Å²) in [6, 6.07) is 4.85. The fourth-order valence-electron chi connectivity index (χ4n) is 1.29. The molecule has 0 saturated carbocycles. The molecular formula is C9H9NO3S. The Morgan fingerprint density at radius 2 is 2.36 bits per heavy atom. The number of aliphatic hydroxyl groups is 1. The summed E-state index contributed by atoms with van der Waals surface area (Å²) >= 11 is 1.51. The molecule has 1 aliphatic rings. The van der Waals surface area contributed by atoms with Gasteiger partial charge in [-0.2, -0.15) is 0 Å². The molecule has 1 heterocycles. The molecule has 1 aromatic carbocycles.